The summed E-state index contributed by atoms with van der Waals surface area (Å²) in [4.78, 5) is 72.8. The zero-order valence-corrected chi connectivity index (χ0v) is 63.2. The molecule has 5 unspecified atom stereocenters. The van der Waals surface area contributed by atoms with E-state index in [4.69, 9.17) is 37.0 Å². The summed E-state index contributed by atoms with van der Waals surface area (Å²) in [6, 6.07) is 0. The average molecular weight is 1420 g/mol. The molecule has 0 amide bonds. The van der Waals surface area contributed by atoms with E-state index in [-0.39, 0.29) is 25.7 Å². The van der Waals surface area contributed by atoms with Crippen LogP contribution in [0.4, 0.5) is 0 Å². The lowest BCUT2D eigenvalue weighted by atomic mass is 10.0. The van der Waals surface area contributed by atoms with E-state index in [0.717, 1.165) is 180 Å². The summed E-state index contributed by atoms with van der Waals surface area (Å²) in [5, 5.41) is 10.6. The molecule has 17 nitrogen and oxygen atoms in total. The Hall–Kier alpha value is -4.28. The molecule has 5 atom stereocenters. The maximum atomic E-state index is 13.1. The molecule has 0 radical (unpaired) electrons. The molecule has 0 aromatic carbocycles. The minimum atomic E-state index is -4.98. The van der Waals surface area contributed by atoms with Crippen LogP contribution in [0.15, 0.2) is 109 Å². The highest BCUT2D eigenvalue weighted by molar-refractivity contribution is 7.47. The first-order valence-electron chi connectivity index (χ1n) is 38.1. The summed E-state index contributed by atoms with van der Waals surface area (Å²) in [5.74, 6) is -2.24. The van der Waals surface area contributed by atoms with Crippen LogP contribution < -0.4 is 0 Å². The van der Waals surface area contributed by atoms with E-state index in [1.807, 2.05) is 0 Å². The van der Waals surface area contributed by atoms with E-state index in [1.54, 1.807) is 0 Å². The molecule has 0 rings (SSSR count). The van der Waals surface area contributed by atoms with Gasteiger partial charge in [0, 0.05) is 25.7 Å². The third kappa shape index (κ3) is 70.2. The summed E-state index contributed by atoms with van der Waals surface area (Å²) in [6.45, 7) is 4.52. The summed E-state index contributed by atoms with van der Waals surface area (Å²) >= 11 is 0. The van der Waals surface area contributed by atoms with Crippen LogP contribution >= 0.6 is 15.6 Å². The van der Waals surface area contributed by atoms with Crippen molar-refractivity contribution in [2.45, 2.75) is 329 Å². The number of rotatable bonds is 71. The molecule has 0 aromatic heterocycles. The molecule has 0 aliphatic carbocycles. The van der Waals surface area contributed by atoms with Crippen molar-refractivity contribution in [1.82, 2.24) is 0 Å². The number of hydrogen-bond donors (Lipinski definition) is 3. The van der Waals surface area contributed by atoms with Crippen LogP contribution in [0.5, 0.6) is 0 Å². The van der Waals surface area contributed by atoms with E-state index >= 15 is 0 Å². The van der Waals surface area contributed by atoms with Crippen LogP contribution in [0.25, 0.3) is 0 Å². The maximum Gasteiger partial charge on any atom is 0.472 e. The smallest absolute Gasteiger partial charge is 0.462 e. The summed E-state index contributed by atoms with van der Waals surface area (Å²) in [7, 11) is -9.96. The Kier molecular flexibility index (Phi) is 68.0. The molecule has 564 valence electrons. The van der Waals surface area contributed by atoms with Gasteiger partial charge in [0.15, 0.2) is 12.2 Å². The second-order valence-corrected chi connectivity index (χ2v) is 28.1. The first-order valence-corrected chi connectivity index (χ1v) is 41.1. The van der Waals surface area contributed by atoms with Gasteiger partial charge in [-0.1, -0.05) is 272 Å². The van der Waals surface area contributed by atoms with E-state index in [1.165, 1.54) is 51.4 Å². The SMILES string of the molecule is CC/C=C\C/C=C\C/C=C\C/C=C\CCCCC(=O)OCC(COP(=O)(O)OCC(O)COP(=O)(O)OCC(COC(=O)CCCCCCCCC/C=C\C/C=C\C/C=C\CC)OC(=O)CCCCCCC/C=C\C/C=C\CCC)OC(=O)CCCCCCCCCCCCCCC. The lowest BCUT2D eigenvalue weighted by Crippen LogP contribution is -2.30. The van der Waals surface area contributed by atoms with Crippen molar-refractivity contribution in [3.63, 3.8) is 0 Å². The molecule has 19 heteroatoms. The van der Waals surface area contributed by atoms with Gasteiger partial charge in [-0.05, 0) is 122 Å². The number of carbonyl (C=O) groups excluding carboxylic acids is 4. The topological polar surface area (TPSA) is 237 Å². The van der Waals surface area contributed by atoms with E-state index in [2.05, 4.69) is 137 Å². The third-order valence-corrected chi connectivity index (χ3v) is 17.6. The zero-order valence-electron chi connectivity index (χ0n) is 61.4. The monoisotopic (exact) mass is 1420 g/mol. The fourth-order valence-corrected chi connectivity index (χ4v) is 11.5. The summed E-state index contributed by atoms with van der Waals surface area (Å²) < 4.78 is 68.4. The van der Waals surface area contributed by atoms with Crippen LogP contribution in [0.1, 0.15) is 310 Å². The molecule has 0 spiro atoms. The summed E-state index contributed by atoms with van der Waals surface area (Å²) in [5.41, 5.74) is 0. The summed E-state index contributed by atoms with van der Waals surface area (Å²) in [6.07, 6.45) is 75.1. The number of phosphoric acid groups is 2. The number of carbonyl (C=O) groups is 4. The van der Waals surface area contributed by atoms with Crippen molar-refractivity contribution >= 4 is 39.5 Å². The number of hydrogen-bond acceptors (Lipinski definition) is 15. The lowest BCUT2D eigenvalue weighted by Gasteiger charge is -2.21. The van der Waals surface area contributed by atoms with Crippen molar-refractivity contribution < 1.29 is 80.2 Å². The Morgan fingerprint density at radius 1 is 0.296 bits per heavy atom. The predicted octanol–water partition coefficient (Wildman–Crippen LogP) is 21.8. The molecule has 0 aromatic rings. The van der Waals surface area contributed by atoms with Gasteiger partial charge < -0.3 is 33.8 Å². The van der Waals surface area contributed by atoms with Crippen LogP contribution in [0, 0.1) is 0 Å². The van der Waals surface area contributed by atoms with Crippen molar-refractivity contribution in [1.29, 1.82) is 0 Å². The molecular formula is C79H136O17P2. The molecule has 0 saturated heterocycles. The van der Waals surface area contributed by atoms with Crippen molar-refractivity contribution in [3.8, 4) is 0 Å². The molecule has 0 heterocycles. The molecular weight excluding hydrogens is 1280 g/mol. The molecule has 0 aliphatic rings. The molecule has 0 fully saturated rings. The van der Waals surface area contributed by atoms with Crippen LogP contribution in [-0.4, -0.2) is 96.7 Å². The van der Waals surface area contributed by atoms with Crippen LogP contribution in [0.3, 0.4) is 0 Å². The fraction of sp³-hybridized carbons (Fsp3) is 0.722. The largest absolute Gasteiger partial charge is 0.472 e. The van der Waals surface area contributed by atoms with Crippen molar-refractivity contribution in [2.75, 3.05) is 39.6 Å². The van der Waals surface area contributed by atoms with Gasteiger partial charge >= 0.3 is 39.5 Å². The Morgan fingerprint density at radius 2 is 0.551 bits per heavy atom. The van der Waals surface area contributed by atoms with Crippen LogP contribution in [0.2, 0.25) is 0 Å². The normalized spacial score (nSPS) is 14.6. The highest BCUT2D eigenvalue weighted by atomic mass is 31.2. The minimum Gasteiger partial charge on any atom is -0.462 e. The molecule has 0 aliphatic heterocycles. The lowest BCUT2D eigenvalue weighted by molar-refractivity contribution is -0.161. The Bertz CT molecular complexity index is 2290. The van der Waals surface area contributed by atoms with E-state index in [9.17, 15) is 43.2 Å². The maximum absolute atomic E-state index is 13.1. The highest BCUT2D eigenvalue weighted by Crippen LogP contribution is 2.45. The van der Waals surface area contributed by atoms with E-state index < -0.39 is 97.5 Å². The Morgan fingerprint density at radius 3 is 0.878 bits per heavy atom. The zero-order chi connectivity index (χ0) is 71.8. The molecule has 98 heavy (non-hydrogen) atoms. The number of allylic oxidation sites excluding steroid dienone is 18. The van der Waals surface area contributed by atoms with Gasteiger partial charge in [0.05, 0.1) is 26.4 Å². The average Bonchev–Trinajstić information content (AvgIpc) is 0.971. The fourth-order valence-electron chi connectivity index (χ4n) is 9.97. The molecule has 0 saturated carbocycles. The molecule has 0 bridgehead atoms. The quantitative estimate of drug-likeness (QED) is 0.0169. The Labute approximate surface area is 594 Å². The first-order chi connectivity index (χ1) is 47.7. The number of unbranched alkanes of at least 4 members (excludes halogenated alkanes) is 27. The predicted molar refractivity (Wildman–Crippen MR) is 399 cm³/mol. The number of phosphoric ester groups is 2. The van der Waals surface area contributed by atoms with Gasteiger partial charge in [0.25, 0.3) is 0 Å². The van der Waals surface area contributed by atoms with Gasteiger partial charge in [0.2, 0.25) is 0 Å². The van der Waals surface area contributed by atoms with Crippen molar-refractivity contribution in [3.05, 3.63) is 109 Å². The number of ether oxygens (including phenoxy) is 4. The molecule has 3 N–H and O–H groups in total. The van der Waals surface area contributed by atoms with Crippen molar-refractivity contribution in [2.24, 2.45) is 0 Å². The van der Waals surface area contributed by atoms with Gasteiger partial charge in [-0.15, -0.1) is 0 Å². The van der Waals surface area contributed by atoms with Gasteiger partial charge in [-0.25, -0.2) is 9.13 Å². The minimum absolute atomic E-state index is 0.0749. The van der Waals surface area contributed by atoms with Gasteiger partial charge in [0.1, 0.15) is 19.3 Å². The second-order valence-electron chi connectivity index (χ2n) is 25.2. The second kappa shape index (κ2) is 71.1. The number of esters is 4. The highest BCUT2D eigenvalue weighted by Gasteiger charge is 2.30. The van der Waals surface area contributed by atoms with Gasteiger partial charge in [-0.3, -0.25) is 37.3 Å². The third-order valence-electron chi connectivity index (χ3n) is 15.7. The number of aliphatic hydroxyl groups is 1. The van der Waals surface area contributed by atoms with Gasteiger partial charge in [-0.2, -0.15) is 0 Å². The van der Waals surface area contributed by atoms with Crippen LogP contribution in [-0.2, 0) is 65.4 Å². The standard InChI is InChI=1S/C79H136O17P2/c1-5-9-13-17-21-25-29-33-35-36-38-42-44-48-52-56-60-64-77(82)90-70-75(96-79(84)66-62-58-54-50-46-40-32-28-24-20-16-12-8-4)72-94-98(87,88)92-68-73(80)67-91-97(85,86)93-71-74(95-78(83)65-61-57-53-49-45-39-31-27-23-19-15-11-7-3)69-89-76(81)63-59-55-51-47-43-41-37-34-30-26-22-18-14-10-6-2/h9-10,13-14,16,20-22,25-26,28,32-35,37,43,47,73-75,80H,5-8,11-12,15,17-19,23-24,27,29-31,36,38-42,44-46,48-72H2,1-4H3,(H,85,86)(H,87,88)/b13-9-,14-10-,20-16-,25-21-,26-22-,32-28-,35-33-,37-34-,47-43-. The number of aliphatic hydroxyl groups excluding tert-OH is 1. The first kappa shape index (κ1) is 93.7. The van der Waals surface area contributed by atoms with E-state index in [0.29, 0.717) is 25.7 Å². The Balaban J connectivity index is 5.37.